The van der Waals surface area contributed by atoms with Crippen molar-refractivity contribution in [3.05, 3.63) is 58.1 Å². The van der Waals surface area contributed by atoms with E-state index in [1.165, 1.54) is 16.4 Å². The smallest absolute Gasteiger partial charge is 0.255 e. The van der Waals surface area contributed by atoms with E-state index < -0.39 is 15.7 Å². The van der Waals surface area contributed by atoms with E-state index in [-0.39, 0.29) is 28.9 Å². The van der Waals surface area contributed by atoms with E-state index in [4.69, 9.17) is 23.2 Å². The molecule has 2 aromatic carbocycles. The molecule has 1 fully saturated rings. The largest absolute Gasteiger partial charge is 0.362 e. The average molecular weight is 426 g/mol. The zero-order valence-corrected chi connectivity index (χ0v) is 16.5. The number of hydrogen-bond donors (Lipinski definition) is 2. The molecule has 0 bridgehead atoms. The summed E-state index contributed by atoms with van der Waals surface area (Å²) in [4.78, 5) is 12.4. The number of anilines is 1. The zero-order chi connectivity index (χ0) is 19.2. The minimum Gasteiger partial charge on any atom is -0.362 e. The molecule has 1 spiro atoms. The number of piperidine rings is 1. The van der Waals surface area contributed by atoms with Crippen LogP contribution in [0.1, 0.15) is 23.2 Å². The SMILES string of the molecule is O=C1NC2(CCN(S(=O)(=O)c3cc(Cl)ccc3Cl)CC2)Nc2ccccc21. The van der Waals surface area contributed by atoms with Gasteiger partial charge in [0, 0.05) is 36.6 Å². The number of nitrogens with zero attached hydrogens (tertiary/aromatic N) is 1. The maximum absolute atomic E-state index is 13.0. The van der Waals surface area contributed by atoms with Gasteiger partial charge < -0.3 is 10.6 Å². The molecular weight excluding hydrogens is 409 g/mol. The van der Waals surface area contributed by atoms with Crippen molar-refractivity contribution in [2.45, 2.75) is 23.4 Å². The Morgan fingerprint density at radius 1 is 1.00 bits per heavy atom. The molecule has 6 nitrogen and oxygen atoms in total. The molecule has 2 aliphatic heterocycles. The molecule has 2 heterocycles. The highest BCUT2D eigenvalue weighted by Crippen LogP contribution is 2.34. The number of carbonyl (C=O) groups excluding carboxylic acids is 1. The molecule has 2 aromatic rings. The predicted octanol–water partition coefficient (Wildman–Crippen LogP) is 3.33. The molecule has 0 radical (unpaired) electrons. The fraction of sp³-hybridized carbons (Fsp3) is 0.278. The highest BCUT2D eigenvalue weighted by atomic mass is 35.5. The van der Waals surface area contributed by atoms with E-state index >= 15 is 0 Å². The van der Waals surface area contributed by atoms with Crippen LogP contribution in [0.2, 0.25) is 10.0 Å². The van der Waals surface area contributed by atoms with Crippen molar-refractivity contribution in [1.82, 2.24) is 9.62 Å². The van der Waals surface area contributed by atoms with Gasteiger partial charge in [-0.1, -0.05) is 35.3 Å². The maximum Gasteiger partial charge on any atom is 0.255 e. The summed E-state index contributed by atoms with van der Waals surface area (Å²) in [5.41, 5.74) is 0.689. The number of benzene rings is 2. The van der Waals surface area contributed by atoms with Crippen LogP contribution in [-0.2, 0) is 10.0 Å². The summed E-state index contributed by atoms with van der Waals surface area (Å²) >= 11 is 12.0. The minimum absolute atomic E-state index is 0.00130. The van der Waals surface area contributed by atoms with Crippen molar-refractivity contribution in [3.63, 3.8) is 0 Å². The Bertz CT molecular complexity index is 1020. The molecular formula is C18H17Cl2N3O3S. The van der Waals surface area contributed by atoms with E-state index in [0.29, 0.717) is 23.4 Å². The number of halogens is 2. The highest BCUT2D eigenvalue weighted by molar-refractivity contribution is 7.89. The molecule has 0 atom stereocenters. The number of fused-ring (bicyclic) bond motifs is 1. The Hall–Kier alpha value is -1.80. The van der Waals surface area contributed by atoms with Crippen LogP contribution < -0.4 is 10.6 Å². The summed E-state index contributed by atoms with van der Waals surface area (Å²) in [5, 5.41) is 6.82. The third kappa shape index (κ3) is 3.29. The Kier molecular flexibility index (Phi) is 4.58. The first-order chi connectivity index (χ1) is 12.8. The third-order valence-electron chi connectivity index (χ3n) is 4.99. The number of nitrogens with one attached hydrogen (secondary N) is 2. The average Bonchev–Trinajstić information content (AvgIpc) is 2.64. The lowest BCUT2D eigenvalue weighted by atomic mass is 9.93. The molecule has 0 saturated carbocycles. The van der Waals surface area contributed by atoms with Gasteiger partial charge in [-0.25, -0.2) is 8.42 Å². The maximum atomic E-state index is 13.0. The van der Waals surface area contributed by atoms with E-state index in [9.17, 15) is 13.2 Å². The zero-order valence-electron chi connectivity index (χ0n) is 14.2. The fourth-order valence-electron chi connectivity index (χ4n) is 3.54. The molecule has 1 amide bonds. The van der Waals surface area contributed by atoms with Crippen molar-refractivity contribution < 1.29 is 13.2 Å². The van der Waals surface area contributed by atoms with Gasteiger partial charge >= 0.3 is 0 Å². The number of sulfonamides is 1. The van der Waals surface area contributed by atoms with Gasteiger partial charge in [-0.05, 0) is 30.3 Å². The Morgan fingerprint density at radius 3 is 2.44 bits per heavy atom. The molecule has 1 saturated heterocycles. The molecule has 4 rings (SSSR count). The molecule has 9 heteroatoms. The van der Waals surface area contributed by atoms with Gasteiger partial charge in [-0.2, -0.15) is 4.31 Å². The van der Waals surface area contributed by atoms with Crippen molar-refractivity contribution >= 4 is 44.8 Å². The summed E-state index contributed by atoms with van der Waals surface area (Å²) in [6.45, 7) is 0.501. The lowest BCUT2D eigenvalue weighted by Crippen LogP contribution is -2.62. The van der Waals surface area contributed by atoms with Crippen molar-refractivity contribution in [2.24, 2.45) is 0 Å². The summed E-state index contributed by atoms with van der Waals surface area (Å²) in [5.74, 6) is -0.154. The van der Waals surface area contributed by atoms with Crippen molar-refractivity contribution in [2.75, 3.05) is 18.4 Å². The van der Waals surface area contributed by atoms with E-state index in [0.717, 1.165) is 5.69 Å². The van der Waals surface area contributed by atoms with Crippen molar-refractivity contribution in [3.8, 4) is 0 Å². The highest BCUT2D eigenvalue weighted by Gasteiger charge is 2.42. The molecule has 2 N–H and O–H groups in total. The quantitative estimate of drug-likeness (QED) is 0.773. The van der Waals surface area contributed by atoms with Crippen LogP contribution in [0.3, 0.4) is 0 Å². The van der Waals surface area contributed by atoms with E-state index in [1.54, 1.807) is 12.1 Å². The Balaban J connectivity index is 1.56. The van der Waals surface area contributed by atoms with Gasteiger partial charge in [0.25, 0.3) is 5.91 Å². The molecule has 2 aliphatic rings. The molecule has 0 aromatic heterocycles. The Labute approximate surface area is 167 Å². The summed E-state index contributed by atoms with van der Waals surface area (Å²) in [6, 6.07) is 11.7. The fourth-order valence-corrected chi connectivity index (χ4v) is 5.71. The number of para-hydroxylation sites is 1. The predicted molar refractivity (Wildman–Crippen MR) is 105 cm³/mol. The second-order valence-corrected chi connectivity index (χ2v) is 9.44. The van der Waals surface area contributed by atoms with Gasteiger partial charge in [-0.15, -0.1) is 0 Å². The van der Waals surface area contributed by atoms with Gasteiger partial charge in [0.15, 0.2) is 0 Å². The Morgan fingerprint density at radius 2 is 1.70 bits per heavy atom. The first-order valence-electron chi connectivity index (χ1n) is 8.46. The van der Waals surface area contributed by atoms with Crippen LogP contribution in [-0.4, -0.2) is 37.4 Å². The van der Waals surface area contributed by atoms with Gasteiger partial charge in [-0.3, -0.25) is 4.79 Å². The minimum atomic E-state index is -3.77. The molecule has 0 unspecified atom stereocenters. The van der Waals surface area contributed by atoms with Gasteiger partial charge in [0.2, 0.25) is 10.0 Å². The molecule has 27 heavy (non-hydrogen) atoms. The van der Waals surface area contributed by atoms with Crippen LogP contribution in [0.5, 0.6) is 0 Å². The van der Waals surface area contributed by atoms with Crippen molar-refractivity contribution in [1.29, 1.82) is 0 Å². The van der Waals surface area contributed by atoms with Gasteiger partial charge in [0.1, 0.15) is 10.6 Å². The molecule has 0 aliphatic carbocycles. The second-order valence-electron chi connectivity index (χ2n) is 6.69. The monoisotopic (exact) mass is 425 g/mol. The van der Waals surface area contributed by atoms with E-state index in [2.05, 4.69) is 10.6 Å². The van der Waals surface area contributed by atoms with Crippen LogP contribution in [0.25, 0.3) is 0 Å². The van der Waals surface area contributed by atoms with Crippen LogP contribution in [0.4, 0.5) is 5.69 Å². The third-order valence-corrected chi connectivity index (χ3v) is 7.60. The first-order valence-corrected chi connectivity index (χ1v) is 10.7. The van der Waals surface area contributed by atoms with Crippen LogP contribution in [0, 0.1) is 0 Å². The first kappa shape index (κ1) is 18.6. The lowest BCUT2D eigenvalue weighted by molar-refractivity contribution is 0.0865. The number of amides is 1. The van der Waals surface area contributed by atoms with Crippen LogP contribution >= 0.6 is 23.2 Å². The number of rotatable bonds is 2. The standard InChI is InChI=1S/C18H17Cl2N3O3S/c19-12-5-6-14(20)16(11-12)27(25,26)23-9-7-18(8-10-23)21-15-4-2-1-3-13(15)17(24)22-18/h1-6,11,21H,7-10H2,(H,22,24). The topological polar surface area (TPSA) is 78.5 Å². The lowest BCUT2D eigenvalue weighted by Gasteiger charge is -2.45. The number of hydrogen-bond acceptors (Lipinski definition) is 4. The number of carbonyl (C=O) groups is 1. The second kappa shape index (κ2) is 6.67. The van der Waals surface area contributed by atoms with Gasteiger partial charge in [0.05, 0.1) is 10.6 Å². The van der Waals surface area contributed by atoms with Crippen LogP contribution in [0.15, 0.2) is 47.4 Å². The van der Waals surface area contributed by atoms with E-state index in [1.807, 2.05) is 18.2 Å². The summed E-state index contributed by atoms with van der Waals surface area (Å²) < 4.78 is 27.3. The summed E-state index contributed by atoms with van der Waals surface area (Å²) in [7, 11) is -3.77. The molecule has 142 valence electrons. The summed E-state index contributed by atoms with van der Waals surface area (Å²) in [6.07, 6.45) is 0.870. The normalized spacial score (nSPS) is 19.3.